The van der Waals surface area contributed by atoms with Gasteiger partial charge in [0, 0.05) is 32.3 Å². The lowest BCUT2D eigenvalue weighted by Gasteiger charge is -2.17. The third-order valence-electron chi connectivity index (χ3n) is 2.72. The highest BCUT2D eigenvalue weighted by molar-refractivity contribution is 5.96. The molecule has 3 N–H and O–H groups in total. The Labute approximate surface area is 114 Å². The average Bonchev–Trinajstić information content (AvgIpc) is 2.35. The fourth-order valence-electron chi connectivity index (χ4n) is 1.75. The van der Waals surface area contributed by atoms with E-state index in [-0.39, 0.29) is 11.9 Å². The zero-order chi connectivity index (χ0) is 14.4. The number of ether oxygens (including phenoxy) is 1. The molecule has 19 heavy (non-hydrogen) atoms. The lowest BCUT2D eigenvalue weighted by Crippen LogP contribution is -2.36. The van der Waals surface area contributed by atoms with Gasteiger partial charge in [-0.3, -0.25) is 4.79 Å². The summed E-state index contributed by atoms with van der Waals surface area (Å²) in [6.45, 7) is 4.98. The molecule has 1 atom stereocenters. The fourth-order valence-corrected chi connectivity index (χ4v) is 1.75. The van der Waals surface area contributed by atoms with Gasteiger partial charge in [-0.15, -0.1) is 0 Å². The summed E-state index contributed by atoms with van der Waals surface area (Å²) in [7, 11) is 3.82. The Balaban J connectivity index is 2.70. The van der Waals surface area contributed by atoms with E-state index in [9.17, 15) is 4.79 Å². The number of nitrogens with one attached hydrogen (secondary N) is 1. The molecule has 0 bridgehead atoms. The van der Waals surface area contributed by atoms with Crippen molar-refractivity contribution in [2.45, 2.75) is 19.9 Å². The molecule has 0 saturated heterocycles. The van der Waals surface area contributed by atoms with E-state index in [0.29, 0.717) is 24.5 Å². The third kappa shape index (κ3) is 4.44. The van der Waals surface area contributed by atoms with E-state index in [4.69, 9.17) is 10.5 Å². The summed E-state index contributed by atoms with van der Waals surface area (Å²) in [5.41, 5.74) is 7.98. The lowest BCUT2D eigenvalue weighted by molar-refractivity contribution is 0.0872. The van der Waals surface area contributed by atoms with E-state index in [2.05, 4.69) is 5.32 Å². The Morgan fingerprint density at radius 1 is 1.47 bits per heavy atom. The maximum absolute atomic E-state index is 12.0. The molecule has 1 aromatic carbocycles. The minimum atomic E-state index is -0.135. The Hall–Kier alpha value is -1.75. The number of nitrogens with zero attached hydrogens (tertiary/aromatic N) is 1. The number of carbonyl (C=O) groups is 1. The van der Waals surface area contributed by atoms with Crippen LogP contribution in [-0.4, -0.2) is 39.3 Å². The Morgan fingerprint density at radius 2 is 2.16 bits per heavy atom. The van der Waals surface area contributed by atoms with E-state index >= 15 is 0 Å². The minimum absolute atomic E-state index is 0.0257. The van der Waals surface area contributed by atoms with Crippen LogP contribution in [0.15, 0.2) is 18.2 Å². The quantitative estimate of drug-likeness (QED) is 0.765. The molecule has 1 aromatic rings. The Kier molecular flexibility index (Phi) is 5.63. The first kappa shape index (κ1) is 15.3. The van der Waals surface area contributed by atoms with Crippen molar-refractivity contribution in [3.05, 3.63) is 23.8 Å². The molecule has 0 aliphatic carbocycles. The highest BCUT2D eigenvalue weighted by Crippen LogP contribution is 2.22. The van der Waals surface area contributed by atoms with E-state index in [1.54, 1.807) is 12.1 Å². The van der Waals surface area contributed by atoms with Crippen LogP contribution < -0.4 is 16.0 Å². The summed E-state index contributed by atoms with van der Waals surface area (Å²) >= 11 is 0. The van der Waals surface area contributed by atoms with Crippen molar-refractivity contribution in [2.24, 2.45) is 0 Å². The second kappa shape index (κ2) is 6.99. The molecule has 0 aromatic heterocycles. The average molecular weight is 265 g/mol. The Morgan fingerprint density at radius 3 is 2.68 bits per heavy atom. The number of nitrogen functional groups attached to an aromatic ring is 1. The topological polar surface area (TPSA) is 67.6 Å². The summed E-state index contributed by atoms with van der Waals surface area (Å²) in [6, 6.07) is 5.28. The highest BCUT2D eigenvalue weighted by atomic mass is 16.5. The molecule has 1 rings (SSSR count). The van der Waals surface area contributed by atoms with E-state index in [1.165, 1.54) is 0 Å². The summed E-state index contributed by atoms with van der Waals surface area (Å²) in [6.07, 6.45) is 0. The molecule has 5 nitrogen and oxygen atoms in total. The molecule has 0 heterocycles. The lowest BCUT2D eigenvalue weighted by atomic mass is 10.1. The van der Waals surface area contributed by atoms with Crippen LogP contribution in [0.5, 0.6) is 0 Å². The van der Waals surface area contributed by atoms with E-state index in [0.717, 1.165) is 5.69 Å². The molecular formula is C14H23N3O2. The molecule has 0 aliphatic heterocycles. The van der Waals surface area contributed by atoms with Gasteiger partial charge >= 0.3 is 0 Å². The van der Waals surface area contributed by atoms with Crippen LogP contribution in [0.2, 0.25) is 0 Å². The van der Waals surface area contributed by atoms with Crippen molar-refractivity contribution in [1.82, 2.24) is 5.32 Å². The second-order valence-electron chi connectivity index (χ2n) is 4.70. The number of rotatable bonds is 6. The van der Waals surface area contributed by atoms with Gasteiger partial charge in [0.25, 0.3) is 5.91 Å². The maximum atomic E-state index is 12.0. The first-order valence-corrected chi connectivity index (χ1v) is 6.41. The van der Waals surface area contributed by atoms with Crippen molar-refractivity contribution < 1.29 is 9.53 Å². The zero-order valence-electron chi connectivity index (χ0n) is 12.1. The first-order valence-electron chi connectivity index (χ1n) is 6.41. The third-order valence-corrected chi connectivity index (χ3v) is 2.72. The van der Waals surface area contributed by atoms with Gasteiger partial charge in [0.15, 0.2) is 0 Å². The van der Waals surface area contributed by atoms with Crippen LogP contribution in [0, 0.1) is 0 Å². The molecule has 5 heteroatoms. The maximum Gasteiger partial charge on any atom is 0.251 e. The SMILES string of the molecule is CCOCC(C)NC(=O)c1ccc(N(C)C)c(N)c1. The van der Waals surface area contributed by atoms with Gasteiger partial charge in [-0.1, -0.05) is 0 Å². The largest absolute Gasteiger partial charge is 0.397 e. The molecule has 0 fully saturated rings. The monoisotopic (exact) mass is 265 g/mol. The predicted molar refractivity (Wildman–Crippen MR) is 78.6 cm³/mol. The van der Waals surface area contributed by atoms with Gasteiger partial charge in [0.1, 0.15) is 0 Å². The fraction of sp³-hybridized carbons (Fsp3) is 0.500. The molecule has 0 spiro atoms. The zero-order valence-corrected chi connectivity index (χ0v) is 12.1. The molecule has 1 unspecified atom stereocenters. The van der Waals surface area contributed by atoms with Crippen molar-refractivity contribution >= 4 is 17.3 Å². The summed E-state index contributed by atoms with van der Waals surface area (Å²) in [4.78, 5) is 13.9. The molecule has 0 saturated carbocycles. The van der Waals surface area contributed by atoms with Gasteiger partial charge < -0.3 is 20.7 Å². The van der Waals surface area contributed by atoms with Crippen LogP contribution in [0.25, 0.3) is 0 Å². The number of carbonyl (C=O) groups excluding carboxylic acids is 1. The van der Waals surface area contributed by atoms with Crippen molar-refractivity contribution in [3.8, 4) is 0 Å². The second-order valence-corrected chi connectivity index (χ2v) is 4.70. The summed E-state index contributed by atoms with van der Waals surface area (Å²) < 4.78 is 5.26. The summed E-state index contributed by atoms with van der Waals surface area (Å²) in [5.74, 6) is -0.135. The van der Waals surface area contributed by atoms with Gasteiger partial charge in [-0.2, -0.15) is 0 Å². The first-order chi connectivity index (χ1) is 8.95. The number of amides is 1. The van der Waals surface area contributed by atoms with Crippen molar-refractivity contribution in [3.63, 3.8) is 0 Å². The van der Waals surface area contributed by atoms with Crippen LogP contribution in [0.3, 0.4) is 0 Å². The van der Waals surface area contributed by atoms with Crippen LogP contribution in [-0.2, 0) is 4.74 Å². The van der Waals surface area contributed by atoms with E-state index in [1.807, 2.05) is 38.9 Å². The standard InChI is InChI=1S/C14H23N3O2/c1-5-19-9-10(2)16-14(18)11-6-7-13(17(3)4)12(15)8-11/h6-8,10H,5,9,15H2,1-4H3,(H,16,18). The molecule has 0 radical (unpaired) electrons. The number of hydrogen-bond donors (Lipinski definition) is 2. The van der Waals surface area contributed by atoms with E-state index < -0.39 is 0 Å². The van der Waals surface area contributed by atoms with Crippen molar-refractivity contribution in [1.29, 1.82) is 0 Å². The minimum Gasteiger partial charge on any atom is -0.397 e. The molecule has 106 valence electrons. The van der Waals surface area contributed by atoms with Gasteiger partial charge in [-0.05, 0) is 32.0 Å². The van der Waals surface area contributed by atoms with Gasteiger partial charge in [0.05, 0.1) is 18.0 Å². The van der Waals surface area contributed by atoms with Crippen LogP contribution in [0.4, 0.5) is 11.4 Å². The van der Waals surface area contributed by atoms with Crippen LogP contribution >= 0.6 is 0 Å². The highest BCUT2D eigenvalue weighted by Gasteiger charge is 2.11. The molecule has 1 amide bonds. The molecular weight excluding hydrogens is 242 g/mol. The smallest absolute Gasteiger partial charge is 0.251 e. The number of anilines is 2. The Bertz CT molecular complexity index is 433. The number of benzene rings is 1. The summed E-state index contributed by atoms with van der Waals surface area (Å²) in [5, 5.41) is 2.87. The van der Waals surface area contributed by atoms with Gasteiger partial charge in [-0.25, -0.2) is 0 Å². The normalized spacial score (nSPS) is 12.0. The van der Waals surface area contributed by atoms with Crippen LogP contribution in [0.1, 0.15) is 24.2 Å². The van der Waals surface area contributed by atoms with Crippen molar-refractivity contribution in [2.75, 3.05) is 37.9 Å². The predicted octanol–water partition coefficient (Wildman–Crippen LogP) is 1.49. The molecule has 0 aliphatic rings. The number of hydrogen-bond acceptors (Lipinski definition) is 4. The van der Waals surface area contributed by atoms with Gasteiger partial charge in [0.2, 0.25) is 0 Å². The number of nitrogens with two attached hydrogens (primary N) is 1.